The monoisotopic (exact) mass is 310 g/mol. The first-order valence-corrected chi connectivity index (χ1v) is 8.58. The van der Waals surface area contributed by atoms with Crippen molar-refractivity contribution in [2.45, 2.75) is 60.9 Å². The maximum Gasteiger partial charge on any atom is 0.191 e. The maximum absolute atomic E-state index is 4.61. The molecule has 1 aromatic heterocycles. The van der Waals surface area contributed by atoms with E-state index in [9.17, 15) is 0 Å². The highest BCUT2D eigenvalue weighted by Crippen LogP contribution is 2.19. The molecule has 0 aromatic carbocycles. The summed E-state index contributed by atoms with van der Waals surface area (Å²) < 4.78 is 0. The lowest BCUT2D eigenvalue weighted by atomic mass is 9.91. The molecule has 0 atom stereocenters. The van der Waals surface area contributed by atoms with E-state index in [2.05, 4.69) is 62.2 Å². The highest BCUT2D eigenvalue weighted by atomic mass is 32.1. The van der Waals surface area contributed by atoms with Crippen LogP contribution >= 0.6 is 11.3 Å². The van der Waals surface area contributed by atoms with Crippen molar-refractivity contribution in [3.8, 4) is 0 Å². The van der Waals surface area contributed by atoms with Crippen molar-refractivity contribution in [1.82, 2.24) is 15.6 Å². The van der Waals surface area contributed by atoms with E-state index in [0.717, 1.165) is 36.2 Å². The Morgan fingerprint density at radius 1 is 1.24 bits per heavy atom. The molecule has 0 saturated heterocycles. The van der Waals surface area contributed by atoms with E-state index in [-0.39, 0.29) is 0 Å². The fraction of sp³-hybridized carbons (Fsp3) is 0.750. The van der Waals surface area contributed by atoms with Gasteiger partial charge in [0.1, 0.15) is 5.01 Å². The van der Waals surface area contributed by atoms with Gasteiger partial charge in [0.2, 0.25) is 0 Å². The number of aryl methyl sites for hydroxylation is 2. The fourth-order valence-electron chi connectivity index (χ4n) is 1.92. The summed E-state index contributed by atoms with van der Waals surface area (Å²) in [6.45, 7) is 15.6. The molecule has 21 heavy (non-hydrogen) atoms. The molecular formula is C16H30N4S. The second kappa shape index (κ2) is 8.37. The van der Waals surface area contributed by atoms with Crippen molar-refractivity contribution in [1.29, 1.82) is 0 Å². The first-order valence-electron chi connectivity index (χ1n) is 7.77. The lowest BCUT2D eigenvalue weighted by Gasteiger charge is -2.18. The molecule has 0 aliphatic carbocycles. The number of guanidine groups is 1. The Morgan fingerprint density at radius 3 is 2.48 bits per heavy atom. The Morgan fingerprint density at radius 2 is 1.95 bits per heavy atom. The third kappa shape index (κ3) is 7.46. The molecule has 2 N–H and O–H groups in total. The predicted molar refractivity (Wildman–Crippen MR) is 93.1 cm³/mol. The summed E-state index contributed by atoms with van der Waals surface area (Å²) in [7, 11) is 0. The molecule has 0 unspecified atom stereocenters. The van der Waals surface area contributed by atoms with Crippen LogP contribution in [0.25, 0.3) is 0 Å². The van der Waals surface area contributed by atoms with Crippen molar-refractivity contribution in [3.63, 3.8) is 0 Å². The third-order valence-corrected chi connectivity index (χ3v) is 4.24. The van der Waals surface area contributed by atoms with Crippen LogP contribution in [0.15, 0.2) is 4.99 Å². The van der Waals surface area contributed by atoms with Gasteiger partial charge in [-0.05, 0) is 39.0 Å². The second-order valence-corrected chi connectivity index (χ2v) is 7.82. The van der Waals surface area contributed by atoms with E-state index in [1.54, 1.807) is 11.3 Å². The maximum atomic E-state index is 4.61. The van der Waals surface area contributed by atoms with E-state index in [4.69, 9.17) is 0 Å². The van der Waals surface area contributed by atoms with Crippen LogP contribution in [0, 0.1) is 19.3 Å². The van der Waals surface area contributed by atoms with Crippen LogP contribution in [0.5, 0.6) is 0 Å². The standard InChI is InChI=1S/C16H30N4S/c1-7-17-15(18-10-8-9-16(4,5)6)19-11-14-20-12(2)13(3)21-14/h7-11H2,1-6H3,(H2,17,18,19). The topological polar surface area (TPSA) is 49.3 Å². The van der Waals surface area contributed by atoms with Gasteiger partial charge in [-0.25, -0.2) is 9.98 Å². The van der Waals surface area contributed by atoms with Crippen LogP contribution in [0.3, 0.4) is 0 Å². The first kappa shape index (κ1) is 18.0. The highest BCUT2D eigenvalue weighted by Gasteiger charge is 2.09. The number of rotatable bonds is 6. The molecule has 5 heteroatoms. The molecule has 1 rings (SSSR count). The third-order valence-electron chi connectivity index (χ3n) is 3.19. The molecule has 0 aliphatic heterocycles. The van der Waals surface area contributed by atoms with E-state index in [0.29, 0.717) is 12.0 Å². The van der Waals surface area contributed by atoms with Crippen LogP contribution in [-0.2, 0) is 6.54 Å². The van der Waals surface area contributed by atoms with Crippen LogP contribution < -0.4 is 10.6 Å². The van der Waals surface area contributed by atoms with E-state index >= 15 is 0 Å². The van der Waals surface area contributed by atoms with Crippen LogP contribution in [0.2, 0.25) is 0 Å². The van der Waals surface area contributed by atoms with Gasteiger partial charge in [0.05, 0.1) is 12.2 Å². The molecule has 0 bridgehead atoms. The quantitative estimate of drug-likeness (QED) is 0.479. The van der Waals surface area contributed by atoms with E-state index in [1.165, 1.54) is 11.3 Å². The lowest BCUT2D eigenvalue weighted by Crippen LogP contribution is -2.38. The number of hydrogen-bond donors (Lipinski definition) is 2. The molecule has 0 saturated carbocycles. The summed E-state index contributed by atoms with van der Waals surface area (Å²) >= 11 is 1.73. The lowest BCUT2D eigenvalue weighted by molar-refractivity contribution is 0.365. The number of nitrogens with one attached hydrogen (secondary N) is 2. The van der Waals surface area contributed by atoms with Crippen molar-refractivity contribution >= 4 is 17.3 Å². The molecule has 0 spiro atoms. The molecule has 1 heterocycles. The van der Waals surface area contributed by atoms with Gasteiger partial charge in [-0.1, -0.05) is 20.8 Å². The van der Waals surface area contributed by atoms with Gasteiger partial charge in [0, 0.05) is 18.0 Å². The zero-order valence-electron chi connectivity index (χ0n) is 14.3. The molecule has 0 aliphatic rings. The number of thiazole rings is 1. The first-order chi connectivity index (χ1) is 9.81. The average Bonchev–Trinajstić information content (AvgIpc) is 2.70. The number of aromatic nitrogens is 1. The molecule has 0 radical (unpaired) electrons. The van der Waals surface area contributed by atoms with Crippen LogP contribution in [-0.4, -0.2) is 24.0 Å². The minimum absolute atomic E-state index is 0.396. The Hall–Kier alpha value is -1.10. The summed E-state index contributed by atoms with van der Waals surface area (Å²) in [5, 5.41) is 7.77. The normalized spacial score (nSPS) is 12.6. The summed E-state index contributed by atoms with van der Waals surface area (Å²) in [4.78, 5) is 10.4. The highest BCUT2D eigenvalue weighted by molar-refractivity contribution is 7.11. The fourth-order valence-corrected chi connectivity index (χ4v) is 2.78. The number of nitrogens with zero attached hydrogens (tertiary/aromatic N) is 2. The molecule has 4 nitrogen and oxygen atoms in total. The predicted octanol–water partition coefficient (Wildman–Crippen LogP) is 3.64. The van der Waals surface area contributed by atoms with Gasteiger partial charge in [-0.15, -0.1) is 11.3 Å². The molecule has 120 valence electrons. The summed E-state index contributed by atoms with van der Waals surface area (Å²) in [5.41, 5.74) is 1.51. The largest absolute Gasteiger partial charge is 0.357 e. The Kier molecular flexibility index (Phi) is 7.15. The van der Waals surface area contributed by atoms with Crippen molar-refractivity contribution < 1.29 is 0 Å². The Bertz CT molecular complexity index is 438. The molecule has 1 aromatic rings. The molecule has 0 amide bonds. The SMILES string of the molecule is CCNC(=NCc1nc(C)c(C)s1)NCCCC(C)(C)C. The Balaban J connectivity index is 2.46. The van der Waals surface area contributed by atoms with Gasteiger partial charge in [-0.3, -0.25) is 0 Å². The van der Waals surface area contributed by atoms with Crippen molar-refractivity contribution in [2.24, 2.45) is 10.4 Å². The number of aliphatic imine (C=N–C) groups is 1. The zero-order chi connectivity index (χ0) is 15.9. The van der Waals surface area contributed by atoms with Gasteiger partial charge in [-0.2, -0.15) is 0 Å². The summed E-state index contributed by atoms with van der Waals surface area (Å²) in [5.74, 6) is 0.886. The molecule has 0 fully saturated rings. The zero-order valence-corrected chi connectivity index (χ0v) is 15.2. The van der Waals surface area contributed by atoms with Crippen molar-refractivity contribution in [3.05, 3.63) is 15.6 Å². The minimum atomic E-state index is 0.396. The Labute approximate surface area is 133 Å². The van der Waals surface area contributed by atoms with Gasteiger partial charge >= 0.3 is 0 Å². The van der Waals surface area contributed by atoms with Gasteiger partial charge in [0.25, 0.3) is 0 Å². The number of hydrogen-bond acceptors (Lipinski definition) is 3. The van der Waals surface area contributed by atoms with Crippen LogP contribution in [0.1, 0.15) is 56.1 Å². The summed E-state index contributed by atoms with van der Waals surface area (Å²) in [6, 6.07) is 0. The van der Waals surface area contributed by atoms with Gasteiger partial charge < -0.3 is 10.6 Å². The average molecular weight is 311 g/mol. The second-order valence-electron chi connectivity index (χ2n) is 6.54. The molecular weight excluding hydrogens is 280 g/mol. The smallest absolute Gasteiger partial charge is 0.191 e. The summed E-state index contributed by atoms with van der Waals surface area (Å²) in [6.07, 6.45) is 2.37. The van der Waals surface area contributed by atoms with E-state index in [1.807, 2.05) is 0 Å². The van der Waals surface area contributed by atoms with Crippen molar-refractivity contribution in [2.75, 3.05) is 13.1 Å². The van der Waals surface area contributed by atoms with Gasteiger partial charge in [0.15, 0.2) is 5.96 Å². The minimum Gasteiger partial charge on any atom is -0.357 e. The van der Waals surface area contributed by atoms with Crippen LogP contribution in [0.4, 0.5) is 0 Å². The van der Waals surface area contributed by atoms with E-state index < -0.39 is 0 Å².